The highest BCUT2D eigenvalue weighted by Gasteiger charge is 2.09. The molecule has 0 fully saturated rings. The lowest BCUT2D eigenvalue weighted by atomic mass is 10.1. The van der Waals surface area contributed by atoms with Crippen LogP contribution in [0.15, 0.2) is 40.9 Å². The Morgan fingerprint density at radius 2 is 2.10 bits per heavy atom. The summed E-state index contributed by atoms with van der Waals surface area (Å²) in [7, 11) is 0. The van der Waals surface area contributed by atoms with Crippen molar-refractivity contribution in [3.05, 3.63) is 63.4 Å². The summed E-state index contributed by atoms with van der Waals surface area (Å²) >= 11 is 3.33. The van der Waals surface area contributed by atoms with E-state index in [-0.39, 0.29) is 18.8 Å². The van der Waals surface area contributed by atoms with Crippen LogP contribution in [0.1, 0.15) is 16.7 Å². The van der Waals surface area contributed by atoms with Crippen molar-refractivity contribution in [3.63, 3.8) is 0 Å². The highest BCUT2D eigenvalue weighted by molar-refractivity contribution is 9.10. The van der Waals surface area contributed by atoms with Crippen LogP contribution in [0.3, 0.4) is 0 Å². The Bertz CT molecular complexity index is 667. The van der Waals surface area contributed by atoms with Crippen molar-refractivity contribution in [1.82, 2.24) is 0 Å². The molecular formula is C15H11BrFNO2. The molecule has 102 valence electrons. The van der Waals surface area contributed by atoms with E-state index in [9.17, 15) is 4.39 Å². The molecule has 0 unspecified atom stereocenters. The van der Waals surface area contributed by atoms with E-state index >= 15 is 0 Å². The second-order valence-electron chi connectivity index (χ2n) is 4.10. The van der Waals surface area contributed by atoms with Gasteiger partial charge in [-0.15, -0.1) is 0 Å². The largest absolute Gasteiger partial charge is 0.488 e. The van der Waals surface area contributed by atoms with Gasteiger partial charge in [-0.2, -0.15) is 5.26 Å². The zero-order valence-corrected chi connectivity index (χ0v) is 12.0. The Balaban J connectivity index is 2.15. The predicted molar refractivity (Wildman–Crippen MR) is 75.5 cm³/mol. The summed E-state index contributed by atoms with van der Waals surface area (Å²) in [6.45, 7) is -0.0316. The van der Waals surface area contributed by atoms with E-state index in [1.807, 2.05) is 0 Å². The van der Waals surface area contributed by atoms with E-state index in [0.29, 0.717) is 15.8 Å². The average molecular weight is 336 g/mol. The maximum Gasteiger partial charge on any atom is 0.147 e. The van der Waals surface area contributed by atoms with E-state index in [0.717, 1.165) is 5.56 Å². The first kappa shape index (κ1) is 14.5. The van der Waals surface area contributed by atoms with Gasteiger partial charge in [0.1, 0.15) is 24.2 Å². The van der Waals surface area contributed by atoms with Crippen LogP contribution in [-0.4, -0.2) is 5.11 Å². The summed E-state index contributed by atoms with van der Waals surface area (Å²) in [5, 5.41) is 17.8. The van der Waals surface area contributed by atoms with E-state index in [1.165, 1.54) is 6.07 Å². The molecule has 0 aliphatic rings. The van der Waals surface area contributed by atoms with Crippen LogP contribution >= 0.6 is 15.9 Å². The molecule has 0 aliphatic heterocycles. The fourth-order valence-electron chi connectivity index (χ4n) is 1.69. The lowest BCUT2D eigenvalue weighted by molar-refractivity contribution is 0.280. The second kappa shape index (κ2) is 6.51. The SMILES string of the molecule is N#Cc1cccc(COc2ccc(CO)cc2Br)c1F. The highest BCUT2D eigenvalue weighted by Crippen LogP contribution is 2.27. The number of aliphatic hydroxyl groups excluding tert-OH is 1. The van der Waals surface area contributed by atoms with Gasteiger partial charge in [0.05, 0.1) is 16.6 Å². The average Bonchev–Trinajstić information content (AvgIpc) is 2.47. The Morgan fingerprint density at radius 3 is 2.75 bits per heavy atom. The van der Waals surface area contributed by atoms with E-state index < -0.39 is 5.82 Å². The van der Waals surface area contributed by atoms with Gasteiger partial charge in [0.25, 0.3) is 0 Å². The van der Waals surface area contributed by atoms with Crippen LogP contribution < -0.4 is 4.74 Å². The quantitative estimate of drug-likeness (QED) is 0.929. The minimum absolute atomic E-state index is 0.000735. The van der Waals surface area contributed by atoms with Crippen molar-refractivity contribution >= 4 is 15.9 Å². The van der Waals surface area contributed by atoms with Crippen LogP contribution in [0.4, 0.5) is 4.39 Å². The second-order valence-corrected chi connectivity index (χ2v) is 4.96. The molecule has 0 saturated carbocycles. The lowest BCUT2D eigenvalue weighted by Crippen LogP contribution is -2.01. The monoisotopic (exact) mass is 335 g/mol. The Hall–Kier alpha value is -1.90. The number of nitriles is 1. The van der Waals surface area contributed by atoms with Crippen molar-refractivity contribution in [2.24, 2.45) is 0 Å². The Kier molecular flexibility index (Phi) is 4.72. The molecule has 0 saturated heterocycles. The molecule has 0 heterocycles. The molecule has 0 aromatic heterocycles. The molecular weight excluding hydrogens is 325 g/mol. The fourth-order valence-corrected chi connectivity index (χ4v) is 2.23. The molecule has 0 radical (unpaired) electrons. The molecule has 2 rings (SSSR count). The number of hydrogen-bond donors (Lipinski definition) is 1. The molecule has 1 N–H and O–H groups in total. The minimum Gasteiger partial charge on any atom is -0.488 e. The molecule has 2 aromatic rings. The number of hydrogen-bond acceptors (Lipinski definition) is 3. The molecule has 0 spiro atoms. The van der Waals surface area contributed by atoms with Crippen LogP contribution in [0.25, 0.3) is 0 Å². The first-order valence-corrected chi connectivity index (χ1v) is 6.64. The van der Waals surface area contributed by atoms with E-state index in [2.05, 4.69) is 15.9 Å². The summed E-state index contributed by atoms with van der Waals surface area (Å²) in [5.74, 6) is -0.0120. The zero-order valence-electron chi connectivity index (χ0n) is 10.4. The molecule has 20 heavy (non-hydrogen) atoms. The van der Waals surface area contributed by atoms with E-state index in [1.54, 1.807) is 36.4 Å². The van der Waals surface area contributed by atoms with Crippen molar-refractivity contribution < 1.29 is 14.2 Å². The van der Waals surface area contributed by atoms with Crippen LogP contribution in [0, 0.1) is 17.1 Å². The standard InChI is InChI=1S/C15H11BrFNO2/c16-13-6-10(8-19)4-5-14(13)20-9-12-3-1-2-11(7-18)15(12)17/h1-6,19H,8-9H2. The molecule has 2 aromatic carbocycles. The van der Waals surface area contributed by atoms with Crippen molar-refractivity contribution in [3.8, 4) is 11.8 Å². The maximum absolute atomic E-state index is 13.8. The summed E-state index contributed by atoms with van der Waals surface area (Å²) in [5.41, 5.74) is 1.07. The molecule has 5 heteroatoms. The summed E-state index contributed by atoms with van der Waals surface area (Å²) < 4.78 is 20.1. The maximum atomic E-state index is 13.8. The lowest BCUT2D eigenvalue weighted by Gasteiger charge is -2.10. The Labute approximate surface area is 124 Å². The van der Waals surface area contributed by atoms with Gasteiger partial charge in [-0.25, -0.2) is 4.39 Å². The van der Waals surface area contributed by atoms with Gasteiger partial charge in [-0.3, -0.25) is 0 Å². The third-order valence-corrected chi connectivity index (χ3v) is 3.38. The van der Waals surface area contributed by atoms with Gasteiger partial charge < -0.3 is 9.84 Å². The highest BCUT2D eigenvalue weighted by atomic mass is 79.9. The zero-order chi connectivity index (χ0) is 14.5. The third-order valence-electron chi connectivity index (χ3n) is 2.76. The first-order chi connectivity index (χ1) is 9.65. The summed E-state index contributed by atoms with van der Waals surface area (Å²) in [6, 6.07) is 11.6. The van der Waals surface area contributed by atoms with Gasteiger partial charge >= 0.3 is 0 Å². The van der Waals surface area contributed by atoms with Gasteiger partial charge in [0.15, 0.2) is 0 Å². The number of ether oxygens (including phenoxy) is 1. The predicted octanol–water partition coefficient (Wildman–Crippen LogP) is 3.53. The minimum atomic E-state index is -0.557. The number of halogens is 2. The smallest absolute Gasteiger partial charge is 0.147 e. The Morgan fingerprint density at radius 1 is 1.30 bits per heavy atom. The molecule has 0 aliphatic carbocycles. The summed E-state index contributed by atoms with van der Waals surface area (Å²) in [4.78, 5) is 0. The number of aliphatic hydroxyl groups is 1. The molecule has 0 atom stereocenters. The van der Waals surface area contributed by atoms with Gasteiger partial charge in [0, 0.05) is 5.56 Å². The number of nitrogens with zero attached hydrogens (tertiary/aromatic N) is 1. The van der Waals surface area contributed by atoms with Crippen LogP contribution in [-0.2, 0) is 13.2 Å². The normalized spacial score (nSPS) is 10.1. The third kappa shape index (κ3) is 3.16. The van der Waals surface area contributed by atoms with Crippen LogP contribution in [0.5, 0.6) is 5.75 Å². The van der Waals surface area contributed by atoms with Crippen LogP contribution in [0.2, 0.25) is 0 Å². The first-order valence-electron chi connectivity index (χ1n) is 5.85. The number of benzene rings is 2. The molecule has 0 bridgehead atoms. The van der Waals surface area contributed by atoms with Crippen molar-refractivity contribution in [2.45, 2.75) is 13.2 Å². The van der Waals surface area contributed by atoms with E-state index in [4.69, 9.17) is 15.1 Å². The van der Waals surface area contributed by atoms with Gasteiger partial charge in [0.2, 0.25) is 0 Å². The van der Waals surface area contributed by atoms with Crippen molar-refractivity contribution in [2.75, 3.05) is 0 Å². The number of rotatable bonds is 4. The summed E-state index contributed by atoms with van der Waals surface area (Å²) in [6.07, 6.45) is 0. The molecule has 0 amide bonds. The van der Waals surface area contributed by atoms with Crippen molar-refractivity contribution in [1.29, 1.82) is 5.26 Å². The fraction of sp³-hybridized carbons (Fsp3) is 0.133. The van der Waals surface area contributed by atoms with Gasteiger partial charge in [-0.1, -0.05) is 18.2 Å². The van der Waals surface area contributed by atoms with Gasteiger partial charge in [-0.05, 0) is 39.7 Å². The topological polar surface area (TPSA) is 53.2 Å². The molecule has 3 nitrogen and oxygen atoms in total.